The Bertz CT molecular complexity index is 398. The monoisotopic (exact) mass is 240 g/mol. The Morgan fingerprint density at radius 2 is 2.50 bits per heavy atom. The van der Waals surface area contributed by atoms with Gasteiger partial charge in [-0.05, 0) is 36.6 Å². The molecule has 1 amide bonds. The van der Waals surface area contributed by atoms with Crippen molar-refractivity contribution in [3.8, 4) is 0 Å². The van der Waals surface area contributed by atoms with Crippen molar-refractivity contribution in [2.24, 2.45) is 5.92 Å². The van der Waals surface area contributed by atoms with Crippen molar-refractivity contribution in [3.63, 3.8) is 0 Å². The molecule has 2 heterocycles. The molecule has 86 valence electrons. The Morgan fingerprint density at radius 3 is 3.12 bits per heavy atom. The third-order valence-corrected chi connectivity index (χ3v) is 2.87. The fourth-order valence-electron chi connectivity index (χ4n) is 1.79. The molecule has 1 aliphatic heterocycles. The van der Waals surface area contributed by atoms with Crippen molar-refractivity contribution in [1.29, 1.82) is 0 Å². The highest BCUT2D eigenvalue weighted by atomic mass is 35.5. The Hall–Kier alpha value is -1.20. The summed E-state index contributed by atoms with van der Waals surface area (Å²) >= 11 is 5.63. The molecule has 0 saturated carbocycles. The number of hydrogen-bond acceptors (Lipinski definition) is 4. The molecule has 16 heavy (non-hydrogen) atoms. The lowest BCUT2D eigenvalue weighted by Gasteiger charge is -2.14. The van der Waals surface area contributed by atoms with Gasteiger partial charge in [0.05, 0.1) is 6.04 Å². The van der Waals surface area contributed by atoms with Crippen LogP contribution in [0.5, 0.6) is 0 Å². The molecule has 1 aromatic heterocycles. The van der Waals surface area contributed by atoms with Crippen molar-refractivity contribution >= 4 is 23.3 Å². The molecule has 1 aliphatic rings. The van der Waals surface area contributed by atoms with Crippen LogP contribution in [0.2, 0.25) is 5.28 Å². The maximum Gasteiger partial charge on any atom is 0.242 e. The van der Waals surface area contributed by atoms with Crippen molar-refractivity contribution in [2.75, 3.05) is 11.9 Å². The summed E-state index contributed by atoms with van der Waals surface area (Å²) in [5.74, 6) is 0.711. The van der Waals surface area contributed by atoms with E-state index in [1.165, 1.54) is 6.20 Å². The topological polar surface area (TPSA) is 66.9 Å². The maximum atomic E-state index is 11.9. The molecule has 2 rings (SSSR count). The second-order valence-electron chi connectivity index (χ2n) is 3.90. The van der Waals surface area contributed by atoms with E-state index in [-0.39, 0.29) is 17.2 Å². The van der Waals surface area contributed by atoms with E-state index in [0.29, 0.717) is 11.7 Å². The lowest BCUT2D eigenvalue weighted by atomic mass is 10.0. The van der Waals surface area contributed by atoms with Gasteiger partial charge in [-0.15, -0.1) is 0 Å². The van der Waals surface area contributed by atoms with Crippen molar-refractivity contribution in [1.82, 2.24) is 15.3 Å². The summed E-state index contributed by atoms with van der Waals surface area (Å²) in [7, 11) is 0. The van der Waals surface area contributed by atoms with Gasteiger partial charge in [-0.2, -0.15) is 0 Å². The number of nitrogens with one attached hydrogen (secondary N) is 2. The smallest absolute Gasteiger partial charge is 0.242 e. The largest absolute Gasteiger partial charge is 0.309 e. The molecule has 1 aromatic rings. The minimum absolute atomic E-state index is 0.0697. The van der Waals surface area contributed by atoms with Crippen molar-refractivity contribution in [2.45, 2.75) is 19.4 Å². The van der Waals surface area contributed by atoms with E-state index in [4.69, 9.17) is 11.6 Å². The molecule has 0 bridgehead atoms. The predicted molar refractivity (Wildman–Crippen MR) is 61.2 cm³/mol. The van der Waals surface area contributed by atoms with Crippen molar-refractivity contribution in [3.05, 3.63) is 17.5 Å². The number of carbonyl (C=O) groups excluding carboxylic acids is 1. The summed E-state index contributed by atoms with van der Waals surface area (Å²) in [6.07, 6.45) is 2.53. The quantitative estimate of drug-likeness (QED) is 0.759. The van der Waals surface area contributed by atoms with E-state index in [2.05, 4.69) is 27.5 Å². The summed E-state index contributed by atoms with van der Waals surface area (Å²) in [5.41, 5.74) is 0. The summed E-state index contributed by atoms with van der Waals surface area (Å²) in [6, 6.07) is 1.47. The van der Waals surface area contributed by atoms with Gasteiger partial charge in [0.25, 0.3) is 0 Å². The first-order valence-electron chi connectivity index (χ1n) is 5.19. The van der Waals surface area contributed by atoms with E-state index in [9.17, 15) is 4.79 Å². The number of rotatable bonds is 2. The highest BCUT2D eigenvalue weighted by molar-refractivity contribution is 6.28. The summed E-state index contributed by atoms with van der Waals surface area (Å²) in [5, 5.41) is 6.00. The number of hydrogen-bond donors (Lipinski definition) is 2. The van der Waals surface area contributed by atoms with E-state index in [1.54, 1.807) is 6.07 Å². The second-order valence-corrected chi connectivity index (χ2v) is 4.24. The van der Waals surface area contributed by atoms with Crippen LogP contribution in [0.1, 0.15) is 13.3 Å². The summed E-state index contributed by atoms with van der Waals surface area (Å²) < 4.78 is 0. The van der Waals surface area contributed by atoms with Gasteiger partial charge in [-0.25, -0.2) is 9.97 Å². The van der Waals surface area contributed by atoms with E-state index < -0.39 is 0 Å². The average molecular weight is 241 g/mol. The molecule has 0 aliphatic carbocycles. The molecular weight excluding hydrogens is 228 g/mol. The predicted octanol–water partition coefficient (Wildman–Crippen LogP) is 1.07. The molecular formula is C10H13ClN4O. The van der Waals surface area contributed by atoms with Gasteiger partial charge in [0, 0.05) is 6.20 Å². The fourth-order valence-corrected chi connectivity index (χ4v) is 1.94. The van der Waals surface area contributed by atoms with Gasteiger partial charge < -0.3 is 10.6 Å². The number of amides is 1. The first kappa shape index (κ1) is 11.3. The number of carbonyl (C=O) groups is 1. The molecule has 1 fully saturated rings. The van der Waals surface area contributed by atoms with E-state index in [1.807, 2.05) is 0 Å². The van der Waals surface area contributed by atoms with Crippen LogP contribution in [-0.2, 0) is 4.79 Å². The molecule has 0 radical (unpaired) electrons. The first-order valence-corrected chi connectivity index (χ1v) is 5.57. The molecule has 6 heteroatoms. The van der Waals surface area contributed by atoms with Crippen LogP contribution in [0.3, 0.4) is 0 Å². The zero-order chi connectivity index (χ0) is 11.5. The summed E-state index contributed by atoms with van der Waals surface area (Å²) in [6.45, 7) is 2.93. The lowest BCUT2D eigenvalue weighted by Crippen LogP contribution is -2.39. The lowest BCUT2D eigenvalue weighted by molar-refractivity contribution is -0.118. The third kappa shape index (κ3) is 2.48. The Balaban J connectivity index is 2.02. The highest BCUT2D eigenvalue weighted by Gasteiger charge is 2.29. The van der Waals surface area contributed by atoms with Crippen LogP contribution in [0.25, 0.3) is 0 Å². The van der Waals surface area contributed by atoms with Gasteiger partial charge in [0.1, 0.15) is 5.82 Å². The molecule has 2 N–H and O–H groups in total. The number of anilines is 1. The average Bonchev–Trinajstić information content (AvgIpc) is 2.64. The Kier molecular flexibility index (Phi) is 3.36. The molecule has 0 spiro atoms. The van der Waals surface area contributed by atoms with Gasteiger partial charge in [-0.1, -0.05) is 6.92 Å². The minimum atomic E-state index is -0.145. The third-order valence-electron chi connectivity index (χ3n) is 2.69. The number of halogens is 1. The highest BCUT2D eigenvalue weighted by Crippen LogP contribution is 2.16. The minimum Gasteiger partial charge on any atom is -0.309 e. The number of nitrogens with zero attached hydrogens (tertiary/aromatic N) is 2. The molecule has 1 saturated heterocycles. The van der Waals surface area contributed by atoms with Crippen LogP contribution < -0.4 is 10.6 Å². The van der Waals surface area contributed by atoms with E-state index in [0.717, 1.165) is 13.0 Å². The van der Waals surface area contributed by atoms with Gasteiger partial charge in [-0.3, -0.25) is 4.79 Å². The second kappa shape index (κ2) is 4.76. The van der Waals surface area contributed by atoms with Crippen LogP contribution in [0.4, 0.5) is 5.82 Å². The van der Waals surface area contributed by atoms with Crippen LogP contribution >= 0.6 is 11.6 Å². The zero-order valence-corrected chi connectivity index (χ0v) is 9.66. The van der Waals surface area contributed by atoms with Crippen LogP contribution in [0, 0.1) is 5.92 Å². The van der Waals surface area contributed by atoms with Gasteiger partial charge in [0.15, 0.2) is 0 Å². The summed E-state index contributed by atoms with van der Waals surface area (Å²) in [4.78, 5) is 19.5. The van der Waals surface area contributed by atoms with Crippen molar-refractivity contribution < 1.29 is 4.79 Å². The molecule has 0 aromatic carbocycles. The molecule has 2 atom stereocenters. The molecule has 5 nitrogen and oxygen atoms in total. The van der Waals surface area contributed by atoms with Crippen LogP contribution in [0.15, 0.2) is 12.3 Å². The first-order chi connectivity index (χ1) is 7.66. The van der Waals surface area contributed by atoms with Gasteiger partial charge in [0.2, 0.25) is 11.2 Å². The van der Waals surface area contributed by atoms with E-state index >= 15 is 0 Å². The van der Waals surface area contributed by atoms with Crippen LogP contribution in [-0.4, -0.2) is 28.5 Å². The standard InChI is InChI=1S/C10H13ClN4O/c1-6-2-4-12-8(6)9(16)14-7-3-5-13-10(11)15-7/h3,5-6,8,12H,2,4H2,1H3,(H,13,14,15,16). The van der Waals surface area contributed by atoms with Gasteiger partial charge >= 0.3 is 0 Å². The fraction of sp³-hybridized carbons (Fsp3) is 0.500. The Labute approximate surface area is 98.6 Å². The SMILES string of the molecule is CC1CCNC1C(=O)Nc1ccnc(Cl)n1. The number of aromatic nitrogens is 2. The molecule has 2 unspecified atom stereocenters. The maximum absolute atomic E-state index is 11.9. The zero-order valence-electron chi connectivity index (χ0n) is 8.90. The normalized spacial score (nSPS) is 24.4. The Morgan fingerprint density at radius 1 is 1.69 bits per heavy atom.